The van der Waals surface area contributed by atoms with E-state index in [9.17, 15) is 19.5 Å². The van der Waals surface area contributed by atoms with E-state index in [-0.39, 0.29) is 11.8 Å². The summed E-state index contributed by atoms with van der Waals surface area (Å²) in [5, 5.41) is 12.1. The van der Waals surface area contributed by atoms with E-state index in [0.29, 0.717) is 37.2 Å². The third kappa shape index (κ3) is 5.56. The predicted octanol–water partition coefficient (Wildman–Crippen LogP) is 2.52. The Hall–Kier alpha value is -2.41. The van der Waals surface area contributed by atoms with Gasteiger partial charge in [0.05, 0.1) is 0 Å². The minimum absolute atomic E-state index is 0.118. The topological polar surface area (TPSA) is 95.9 Å². The lowest BCUT2D eigenvalue weighted by molar-refractivity contribution is -0.143. The smallest absolute Gasteiger partial charge is 0.326 e. The second-order valence-corrected chi connectivity index (χ2v) is 6.43. The number of ether oxygens (including phenoxy) is 1. The molecule has 1 fully saturated rings. The highest BCUT2D eigenvalue weighted by Gasteiger charge is 2.32. The number of carbonyl (C=O) groups excluding carboxylic acids is 2. The molecule has 1 aromatic carbocycles. The number of carboxylic acids is 1. The van der Waals surface area contributed by atoms with Gasteiger partial charge in [0.1, 0.15) is 6.04 Å². The number of carboxylic acid groups (broad SMARTS) is 1. The van der Waals surface area contributed by atoms with Gasteiger partial charge in [0, 0.05) is 37.9 Å². The van der Waals surface area contributed by atoms with Gasteiger partial charge in [0.25, 0.3) is 5.91 Å². The quantitative estimate of drug-likeness (QED) is 0.693. The second kappa shape index (κ2) is 9.91. The first-order chi connectivity index (χ1) is 12.5. The van der Waals surface area contributed by atoms with Gasteiger partial charge in [0.2, 0.25) is 5.91 Å². The van der Waals surface area contributed by atoms with Crippen LogP contribution in [0.2, 0.25) is 0 Å². The Morgan fingerprint density at radius 1 is 1.27 bits per heavy atom. The molecule has 0 aliphatic carbocycles. The molecule has 1 atom stereocenters. The molecule has 2 rings (SSSR count). The number of aliphatic carboxylic acids is 1. The summed E-state index contributed by atoms with van der Waals surface area (Å²) >= 11 is 0. The molecule has 0 radical (unpaired) electrons. The number of amides is 2. The summed E-state index contributed by atoms with van der Waals surface area (Å²) in [7, 11) is 1.62. The van der Waals surface area contributed by atoms with Crippen LogP contribution in [0.15, 0.2) is 24.3 Å². The molecule has 7 heteroatoms. The van der Waals surface area contributed by atoms with Gasteiger partial charge in [-0.25, -0.2) is 4.79 Å². The van der Waals surface area contributed by atoms with Crippen LogP contribution in [-0.4, -0.2) is 54.1 Å². The number of carbonyl (C=O) groups is 3. The third-order valence-corrected chi connectivity index (χ3v) is 4.44. The minimum Gasteiger partial charge on any atom is -0.480 e. The van der Waals surface area contributed by atoms with Crippen molar-refractivity contribution in [1.82, 2.24) is 4.90 Å². The van der Waals surface area contributed by atoms with Crippen molar-refractivity contribution < 1.29 is 24.2 Å². The lowest BCUT2D eigenvalue weighted by atomic mass is 10.0. The summed E-state index contributed by atoms with van der Waals surface area (Å²) in [5.41, 5.74) is 0.923. The summed E-state index contributed by atoms with van der Waals surface area (Å²) in [4.78, 5) is 37.5. The molecule has 0 spiro atoms. The van der Waals surface area contributed by atoms with Crippen LogP contribution in [0.5, 0.6) is 0 Å². The van der Waals surface area contributed by atoms with E-state index < -0.39 is 12.0 Å². The number of hydrogen-bond donors (Lipinski definition) is 2. The fraction of sp³-hybridized carbons (Fsp3) is 0.526. The van der Waals surface area contributed by atoms with Crippen LogP contribution in [-0.2, 0) is 14.3 Å². The number of methoxy groups -OCH3 is 1. The first-order valence-electron chi connectivity index (χ1n) is 8.95. The molecule has 1 aliphatic rings. The van der Waals surface area contributed by atoms with Gasteiger partial charge in [0.15, 0.2) is 0 Å². The summed E-state index contributed by atoms with van der Waals surface area (Å²) in [5.74, 6) is -1.40. The van der Waals surface area contributed by atoms with Gasteiger partial charge >= 0.3 is 5.97 Å². The fourth-order valence-electron chi connectivity index (χ4n) is 3.08. The van der Waals surface area contributed by atoms with Crippen LogP contribution >= 0.6 is 0 Å². The molecule has 2 amide bonds. The van der Waals surface area contributed by atoms with Gasteiger partial charge < -0.3 is 20.1 Å². The molecule has 1 aromatic rings. The molecule has 2 N–H and O–H groups in total. The Morgan fingerprint density at radius 2 is 2.08 bits per heavy atom. The number of nitrogens with zero attached hydrogens (tertiary/aromatic N) is 1. The van der Waals surface area contributed by atoms with Crippen molar-refractivity contribution in [3.8, 4) is 0 Å². The molecule has 1 heterocycles. The fourth-order valence-corrected chi connectivity index (χ4v) is 3.08. The Kier molecular flexibility index (Phi) is 7.59. The molecule has 7 nitrogen and oxygen atoms in total. The SMILES string of the molecule is COCCCCC(=O)Nc1cccc(C(=O)N2CCCCC2C(=O)O)c1. The average Bonchev–Trinajstić information content (AvgIpc) is 2.65. The molecule has 26 heavy (non-hydrogen) atoms. The van der Waals surface area contributed by atoms with E-state index >= 15 is 0 Å². The molecule has 0 bridgehead atoms. The maximum atomic E-state index is 12.7. The number of piperidine rings is 1. The van der Waals surface area contributed by atoms with Crippen LogP contribution in [0.4, 0.5) is 5.69 Å². The number of nitrogens with one attached hydrogen (secondary N) is 1. The second-order valence-electron chi connectivity index (χ2n) is 6.43. The van der Waals surface area contributed by atoms with Gasteiger partial charge in [-0.15, -0.1) is 0 Å². The van der Waals surface area contributed by atoms with E-state index in [2.05, 4.69) is 5.32 Å². The minimum atomic E-state index is -0.974. The van der Waals surface area contributed by atoms with E-state index in [0.717, 1.165) is 25.7 Å². The van der Waals surface area contributed by atoms with Crippen LogP contribution < -0.4 is 5.32 Å². The molecule has 1 unspecified atom stereocenters. The maximum absolute atomic E-state index is 12.7. The van der Waals surface area contributed by atoms with Crippen LogP contribution in [0, 0.1) is 0 Å². The summed E-state index contributed by atoms with van der Waals surface area (Å²) in [6.45, 7) is 1.06. The first-order valence-corrected chi connectivity index (χ1v) is 8.95. The number of benzene rings is 1. The molecule has 0 saturated carbocycles. The zero-order valence-corrected chi connectivity index (χ0v) is 15.1. The first kappa shape index (κ1) is 19.9. The van der Waals surface area contributed by atoms with Crippen molar-refractivity contribution in [1.29, 1.82) is 0 Å². The Morgan fingerprint density at radius 3 is 2.81 bits per heavy atom. The van der Waals surface area contributed by atoms with Crippen molar-refractivity contribution in [3.05, 3.63) is 29.8 Å². The third-order valence-electron chi connectivity index (χ3n) is 4.44. The van der Waals surface area contributed by atoms with Gasteiger partial charge in [-0.1, -0.05) is 6.07 Å². The number of anilines is 1. The lowest BCUT2D eigenvalue weighted by Crippen LogP contribution is -2.48. The van der Waals surface area contributed by atoms with E-state index in [1.54, 1.807) is 31.4 Å². The highest BCUT2D eigenvalue weighted by Crippen LogP contribution is 2.21. The zero-order chi connectivity index (χ0) is 18.9. The van der Waals surface area contributed by atoms with Crippen LogP contribution in [0.25, 0.3) is 0 Å². The Bertz CT molecular complexity index is 647. The highest BCUT2D eigenvalue weighted by molar-refractivity contribution is 5.98. The predicted molar refractivity (Wildman–Crippen MR) is 97.1 cm³/mol. The molecule has 1 aliphatic heterocycles. The van der Waals surface area contributed by atoms with Gasteiger partial charge in [-0.05, 0) is 50.3 Å². The summed E-state index contributed by atoms with van der Waals surface area (Å²) < 4.78 is 4.95. The maximum Gasteiger partial charge on any atom is 0.326 e. The lowest BCUT2D eigenvalue weighted by Gasteiger charge is -2.33. The standard InChI is InChI=1S/C19H26N2O5/c1-26-12-5-3-10-17(22)20-15-8-6-7-14(13-15)18(23)21-11-4-2-9-16(21)19(24)25/h6-8,13,16H,2-5,9-12H2,1H3,(H,20,22)(H,24,25). The number of unbranched alkanes of at least 4 members (excludes halogenated alkanes) is 1. The Balaban J connectivity index is 2.00. The monoisotopic (exact) mass is 362 g/mol. The number of rotatable bonds is 8. The highest BCUT2D eigenvalue weighted by atomic mass is 16.5. The van der Waals surface area contributed by atoms with Crippen LogP contribution in [0.1, 0.15) is 48.9 Å². The van der Waals surface area contributed by atoms with E-state index in [1.807, 2.05) is 0 Å². The van der Waals surface area contributed by atoms with Crippen molar-refractivity contribution in [2.24, 2.45) is 0 Å². The van der Waals surface area contributed by atoms with Gasteiger partial charge in [-0.3, -0.25) is 9.59 Å². The van der Waals surface area contributed by atoms with Crippen molar-refractivity contribution in [3.63, 3.8) is 0 Å². The normalized spacial score (nSPS) is 17.0. The summed E-state index contributed by atoms with van der Waals surface area (Å²) in [6, 6.07) is 5.87. The molecule has 142 valence electrons. The van der Waals surface area contributed by atoms with Crippen molar-refractivity contribution in [2.45, 2.75) is 44.6 Å². The number of likely N-dealkylation sites (tertiary alicyclic amines) is 1. The van der Waals surface area contributed by atoms with Gasteiger partial charge in [-0.2, -0.15) is 0 Å². The van der Waals surface area contributed by atoms with Crippen molar-refractivity contribution >= 4 is 23.5 Å². The largest absolute Gasteiger partial charge is 0.480 e. The molecule has 1 saturated heterocycles. The van der Waals surface area contributed by atoms with E-state index in [4.69, 9.17) is 4.74 Å². The summed E-state index contributed by atoms with van der Waals surface area (Å²) in [6.07, 6.45) is 4.00. The Labute approximate surface area is 153 Å². The molecular weight excluding hydrogens is 336 g/mol. The van der Waals surface area contributed by atoms with E-state index in [1.165, 1.54) is 4.90 Å². The zero-order valence-electron chi connectivity index (χ0n) is 15.1. The molecular formula is C19H26N2O5. The molecule has 0 aromatic heterocycles. The van der Waals surface area contributed by atoms with Crippen LogP contribution in [0.3, 0.4) is 0 Å². The average molecular weight is 362 g/mol. The number of hydrogen-bond acceptors (Lipinski definition) is 4. The van der Waals surface area contributed by atoms with Crippen molar-refractivity contribution in [2.75, 3.05) is 25.6 Å².